The van der Waals surface area contributed by atoms with Crippen LogP contribution in [-0.4, -0.2) is 85.1 Å². The fraction of sp³-hybridized carbons (Fsp3) is 0.700. The maximum Gasteiger partial charge on any atom is 0.359 e. The first kappa shape index (κ1) is 25.7. The van der Waals surface area contributed by atoms with Gasteiger partial charge < -0.3 is 39.5 Å². The summed E-state index contributed by atoms with van der Waals surface area (Å²) in [5.74, 6) is 0.534. The lowest BCUT2D eigenvalue weighted by Gasteiger charge is -2.32. The normalized spacial score (nSPS) is 28.0. The van der Waals surface area contributed by atoms with E-state index in [9.17, 15) is 24.6 Å². The van der Waals surface area contributed by atoms with Gasteiger partial charge in [-0.25, -0.2) is 4.52 Å². The van der Waals surface area contributed by atoms with Crippen molar-refractivity contribution in [3.8, 4) is 0 Å². The minimum absolute atomic E-state index is 0.0284. The Bertz CT molecular complexity index is 1080. The molecule has 2 aromatic rings. The number of nitrogens with one attached hydrogen (secondary N) is 1. The third kappa shape index (κ3) is 4.71. The third-order valence-corrected chi connectivity index (χ3v) is 8.22. The maximum atomic E-state index is 11.9. The van der Waals surface area contributed by atoms with Crippen LogP contribution in [0.15, 0.2) is 12.1 Å². The van der Waals surface area contributed by atoms with Crippen LogP contribution in [0.4, 0.5) is 5.82 Å². The van der Waals surface area contributed by atoms with Crippen molar-refractivity contribution in [2.24, 2.45) is 0 Å². The van der Waals surface area contributed by atoms with Crippen LogP contribution in [0.2, 0.25) is 5.28 Å². The molecule has 0 spiro atoms. The molecule has 0 aromatic carbocycles. The van der Waals surface area contributed by atoms with Crippen LogP contribution >= 0.6 is 19.2 Å². The van der Waals surface area contributed by atoms with E-state index in [1.54, 1.807) is 12.1 Å². The Morgan fingerprint density at radius 1 is 1.38 bits per heavy atom. The van der Waals surface area contributed by atoms with Gasteiger partial charge in [0.1, 0.15) is 17.7 Å². The number of ether oxygens (including phenoxy) is 3. The quantitative estimate of drug-likeness (QED) is 0.302. The lowest BCUT2D eigenvalue weighted by atomic mass is 9.93. The van der Waals surface area contributed by atoms with Crippen LogP contribution in [0.25, 0.3) is 5.52 Å². The molecule has 0 bridgehead atoms. The number of methoxy groups -OCH3 is 1. The summed E-state index contributed by atoms with van der Waals surface area (Å²) < 4.78 is 29.2. The third-order valence-electron chi connectivity index (χ3n) is 6.57. The fourth-order valence-corrected chi connectivity index (χ4v) is 5.19. The maximum absolute atomic E-state index is 11.9. The Morgan fingerprint density at radius 3 is 2.74 bits per heavy atom. The summed E-state index contributed by atoms with van der Waals surface area (Å²) in [5.41, 5.74) is -1.05. The van der Waals surface area contributed by atoms with Gasteiger partial charge in [-0.15, -0.1) is 5.10 Å². The highest BCUT2D eigenvalue weighted by Crippen LogP contribution is 2.51. The summed E-state index contributed by atoms with van der Waals surface area (Å²) in [7, 11) is -3.42. The smallest absolute Gasteiger partial charge is 0.359 e. The Hall–Kier alpha value is -1.34. The van der Waals surface area contributed by atoms with Gasteiger partial charge in [0, 0.05) is 13.2 Å². The Morgan fingerprint density at radius 2 is 2.09 bits per heavy atom. The van der Waals surface area contributed by atoms with E-state index in [0.717, 1.165) is 25.7 Å². The molecule has 1 saturated heterocycles. The molecular weight excluding hydrogens is 491 g/mol. The number of aromatic nitrogens is 3. The van der Waals surface area contributed by atoms with E-state index in [4.69, 9.17) is 25.8 Å². The van der Waals surface area contributed by atoms with Crippen molar-refractivity contribution in [1.82, 2.24) is 14.6 Å². The number of aliphatic hydroxyl groups excluding tert-OH is 1. The van der Waals surface area contributed by atoms with Crippen molar-refractivity contribution in [3.63, 3.8) is 0 Å². The van der Waals surface area contributed by atoms with Gasteiger partial charge in [-0.05, 0) is 43.5 Å². The number of nitrogens with zero attached hydrogens (tertiary/aromatic N) is 3. The van der Waals surface area contributed by atoms with Gasteiger partial charge in [0.2, 0.25) is 5.28 Å². The second-order valence-corrected chi connectivity index (χ2v) is 11.4. The van der Waals surface area contributed by atoms with Gasteiger partial charge in [-0.1, -0.05) is 12.8 Å². The van der Waals surface area contributed by atoms with Gasteiger partial charge in [-0.3, -0.25) is 4.57 Å². The topological polar surface area (TPSA) is 168 Å². The van der Waals surface area contributed by atoms with Crippen LogP contribution in [0, 0.1) is 0 Å². The zero-order valence-corrected chi connectivity index (χ0v) is 20.6. The number of fused-ring (bicyclic) bond motifs is 1. The van der Waals surface area contributed by atoms with Gasteiger partial charge >= 0.3 is 7.60 Å². The van der Waals surface area contributed by atoms with Crippen LogP contribution in [0.3, 0.4) is 0 Å². The van der Waals surface area contributed by atoms with Crippen molar-refractivity contribution in [2.75, 3.05) is 32.2 Å². The second kappa shape index (κ2) is 9.61. The monoisotopic (exact) mass is 520 g/mol. The highest BCUT2D eigenvalue weighted by molar-refractivity contribution is 7.53. The van der Waals surface area contributed by atoms with E-state index in [2.05, 4.69) is 15.4 Å². The van der Waals surface area contributed by atoms with Crippen LogP contribution < -0.4 is 5.32 Å². The van der Waals surface area contributed by atoms with Crippen molar-refractivity contribution < 1.29 is 38.8 Å². The first-order chi connectivity index (χ1) is 16.0. The van der Waals surface area contributed by atoms with E-state index < -0.39 is 30.7 Å². The summed E-state index contributed by atoms with van der Waals surface area (Å²) in [6.07, 6.45) is 1.78. The summed E-state index contributed by atoms with van der Waals surface area (Å²) >= 11 is 6.16. The molecule has 0 radical (unpaired) electrons. The predicted molar refractivity (Wildman–Crippen MR) is 122 cm³/mol. The zero-order valence-electron chi connectivity index (χ0n) is 18.9. The average molecular weight is 521 g/mol. The van der Waals surface area contributed by atoms with E-state index >= 15 is 0 Å². The molecule has 4 atom stereocenters. The molecule has 2 fully saturated rings. The Kier molecular flexibility index (Phi) is 7.27. The van der Waals surface area contributed by atoms with E-state index in [-0.39, 0.29) is 36.8 Å². The lowest BCUT2D eigenvalue weighted by molar-refractivity contribution is -0.0981. The molecule has 1 saturated carbocycles. The lowest BCUT2D eigenvalue weighted by Crippen LogP contribution is -2.45. The van der Waals surface area contributed by atoms with Crippen molar-refractivity contribution in [3.05, 3.63) is 23.1 Å². The van der Waals surface area contributed by atoms with Crippen LogP contribution in [-0.2, 0) is 24.4 Å². The average Bonchev–Trinajstić information content (AvgIpc) is 3.48. The highest BCUT2D eigenvalue weighted by Gasteiger charge is 2.53. The van der Waals surface area contributed by atoms with Crippen LogP contribution in [0.1, 0.15) is 38.3 Å². The van der Waals surface area contributed by atoms with Gasteiger partial charge in [0.25, 0.3) is 0 Å². The van der Waals surface area contributed by atoms with E-state index in [0.29, 0.717) is 11.3 Å². The van der Waals surface area contributed by atoms with E-state index in [1.807, 2.05) is 0 Å². The van der Waals surface area contributed by atoms with E-state index in [1.165, 1.54) is 18.5 Å². The molecule has 5 N–H and O–H groups in total. The minimum atomic E-state index is -4.71. The van der Waals surface area contributed by atoms with Gasteiger partial charge in [0.15, 0.2) is 16.8 Å². The molecule has 2 aliphatic rings. The fourth-order valence-electron chi connectivity index (χ4n) is 4.49. The molecule has 2 aromatic heterocycles. The van der Waals surface area contributed by atoms with Crippen molar-refractivity contribution >= 4 is 30.5 Å². The molecule has 4 rings (SSSR count). The number of anilines is 1. The summed E-state index contributed by atoms with van der Waals surface area (Å²) in [6.45, 7) is 0.156. The van der Waals surface area contributed by atoms with Crippen molar-refractivity contribution in [1.29, 1.82) is 0 Å². The number of aliphatic hydroxyl groups is 2. The standard InChI is InChI=1S/C20H30ClN4O8P/c1-19(10-31-2,34(28,29)30)33-9-14-16(26)20(27,11-32-14)15-8-7-13-17(22-12-5-3-4-6-12)23-18(21)24-25(13)15/h7-8,12,14,16,26-27H,3-6,9-11H2,1-2H3,(H,22,23,24)(H2,28,29,30)/t14-,16-,19?,20+/m1/s1. The SMILES string of the molecule is COCC(C)(OC[C@H]1OC[C@](O)(c2ccc3c(NC4CCCC4)nc(Cl)nn23)[C@@H]1O)P(=O)(O)O. The first-order valence-electron chi connectivity index (χ1n) is 11.0. The minimum Gasteiger partial charge on any atom is -0.387 e. The molecular formula is C20H30ClN4O8P. The first-order valence-corrected chi connectivity index (χ1v) is 13.0. The number of hydrogen-bond donors (Lipinski definition) is 5. The summed E-state index contributed by atoms with van der Waals surface area (Å²) in [6, 6.07) is 3.61. The molecule has 3 heterocycles. The molecule has 14 heteroatoms. The molecule has 1 aliphatic heterocycles. The molecule has 1 unspecified atom stereocenters. The molecule has 34 heavy (non-hydrogen) atoms. The largest absolute Gasteiger partial charge is 0.387 e. The zero-order chi connectivity index (χ0) is 24.7. The second-order valence-electron chi connectivity index (χ2n) is 9.05. The van der Waals surface area contributed by atoms with Gasteiger partial charge in [-0.2, -0.15) is 4.98 Å². The van der Waals surface area contributed by atoms with Crippen molar-refractivity contribution in [2.45, 2.75) is 61.8 Å². The number of halogens is 1. The number of rotatable bonds is 9. The summed E-state index contributed by atoms with van der Waals surface area (Å²) in [4.78, 5) is 23.6. The molecule has 0 amide bonds. The molecule has 190 valence electrons. The molecule has 1 aliphatic carbocycles. The summed E-state index contributed by atoms with van der Waals surface area (Å²) in [5, 5.41) is 28.0. The van der Waals surface area contributed by atoms with Gasteiger partial charge in [0.05, 0.1) is 25.5 Å². The Labute approximate surface area is 201 Å². The van der Waals surface area contributed by atoms with Crippen LogP contribution in [0.5, 0.6) is 0 Å². The highest BCUT2D eigenvalue weighted by atomic mass is 35.5. The number of hydrogen-bond acceptors (Lipinski definition) is 9. The molecule has 12 nitrogen and oxygen atoms in total. The predicted octanol–water partition coefficient (Wildman–Crippen LogP) is 1.24. The Balaban J connectivity index is 1.57.